The Bertz CT molecular complexity index is 209. The largest absolute Gasteiger partial charge is 0.352 e. The number of hydrogen-bond acceptors (Lipinski definition) is 2. The van der Waals surface area contributed by atoms with Gasteiger partial charge < -0.3 is 10.2 Å². The molecule has 3 nitrogen and oxygen atoms in total. The smallest absolute Gasteiger partial charge is 0.247 e. The van der Waals surface area contributed by atoms with Crippen LogP contribution in [-0.2, 0) is 4.79 Å². The van der Waals surface area contributed by atoms with E-state index in [-0.39, 0.29) is 5.91 Å². The van der Waals surface area contributed by atoms with Gasteiger partial charge in [-0.1, -0.05) is 6.08 Å². The molecule has 0 aromatic rings. The average Bonchev–Trinajstić information content (AvgIpc) is 2.36. The molecule has 0 aromatic carbocycles. The fraction of sp³-hybridized carbons (Fsp3) is 0.667. The maximum Gasteiger partial charge on any atom is 0.247 e. The molecule has 12 heavy (non-hydrogen) atoms. The summed E-state index contributed by atoms with van der Waals surface area (Å²) in [5, 5.41) is 2.79. The minimum atomic E-state index is 0.101. The van der Waals surface area contributed by atoms with Crippen molar-refractivity contribution in [1.29, 1.82) is 0 Å². The van der Waals surface area contributed by atoms with E-state index in [0.29, 0.717) is 6.04 Å². The summed E-state index contributed by atoms with van der Waals surface area (Å²) in [5.41, 5.74) is 0.927. The Kier molecular flexibility index (Phi) is 2.87. The number of likely N-dealkylation sites (N-methyl/N-ethyl adjacent to an activating group) is 1. The first kappa shape index (κ1) is 9.26. The molecule has 1 aliphatic rings. The van der Waals surface area contributed by atoms with E-state index in [4.69, 9.17) is 0 Å². The molecule has 0 radical (unpaired) electrons. The molecule has 1 atom stereocenters. The molecule has 68 valence electrons. The summed E-state index contributed by atoms with van der Waals surface area (Å²) in [5.74, 6) is 0.101. The van der Waals surface area contributed by atoms with Gasteiger partial charge in [-0.3, -0.25) is 4.79 Å². The standard InChI is InChI=1S/C9H16N2O/c1-7(11(2)3)6-8-4-5-10-9(8)12/h6-7H,4-5H2,1-3H3,(H,10,12)/b8-6+/t7-/m0/s1. The number of nitrogens with zero attached hydrogens (tertiary/aromatic N) is 1. The average molecular weight is 168 g/mol. The molecule has 3 heteroatoms. The third-order valence-corrected chi connectivity index (χ3v) is 2.23. The quantitative estimate of drug-likeness (QED) is 0.605. The minimum Gasteiger partial charge on any atom is -0.352 e. The second-order valence-corrected chi connectivity index (χ2v) is 3.40. The molecule has 1 saturated heterocycles. The van der Waals surface area contributed by atoms with Gasteiger partial charge in [0.2, 0.25) is 5.91 Å². The topological polar surface area (TPSA) is 32.3 Å². The first-order valence-corrected chi connectivity index (χ1v) is 4.26. The van der Waals surface area contributed by atoms with Crippen LogP contribution >= 0.6 is 0 Å². The summed E-state index contributed by atoms with van der Waals surface area (Å²) in [7, 11) is 4.02. The zero-order valence-corrected chi connectivity index (χ0v) is 7.92. The number of carbonyl (C=O) groups is 1. The molecular formula is C9H16N2O. The molecule has 1 aliphatic heterocycles. The van der Waals surface area contributed by atoms with Crippen LogP contribution in [0.25, 0.3) is 0 Å². The van der Waals surface area contributed by atoms with Gasteiger partial charge in [-0.25, -0.2) is 0 Å². The van der Waals surface area contributed by atoms with Crippen molar-refractivity contribution in [3.63, 3.8) is 0 Å². The van der Waals surface area contributed by atoms with E-state index in [2.05, 4.69) is 17.1 Å². The summed E-state index contributed by atoms with van der Waals surface area (Å²) >= 11 is 0. The van der Waals surface area contributed by atoms with Gasteiger partial charge in [0.15, 0.2) is 0 Å². The van der Waals surface area contributed by atoms with Crippen LogP contribution in [-0.4, -0.2) is 37.5 Å². The number of rotatable bonds is 2. The van der Waals surface area contributed by atoms with Crippen LogP contribution in [0, 0.1) is 0 Å². The van der Waals surface area contributed by atoms with Crippen LogP contribution in [0.5, 0.6) is 0 Å². The lowest BCUT2D eigenvalue weighted by Crippen LogP contribution is -2.23. The van der Waals surface area contributed by atoms with Crippen molar-refractivity contribution >= 4 is 5.91 Å². The maximum atomic E-state index is 11.1. The molecule has 1 fully saturated rings. The second-order valence-electron chi connectivity index (χ2n) is 3.40. The molecule has 0 aromatic heterocycles. The lowest BCUT2D eigenvalue weighted by Gasteiger charge is -2.15. The molecule has 1 rings (SSSR count). The fourth-order valence-corrected chi connectivity index (χ4v) is 1.14. The lowest BCUT2D eigenvalue weighted by molar-refractivity contribution is -0.116. The number of amides is 1. The van der Waals surface area contributed by atoms with Crippen molar-refractivity contribution in [2.45, 2.75) is 19.4 Å². The van der Waals surface area contributed by atoms with Crippen molar-refractivity contribution in [1.82, 2.24) is 10.2 Å². The summed E-state index contributed by atoms with van der Waals surface area (Å²) in [6, 6.07) is 0.337. The molecule has 0 saturated carbocycles. The van der Waals surface area contributed by atoms with Crippen LogP contribution in [0.15, 0.2) is 11.6 Å². The van der Waals surface area contributed by atoms with E-state index < -0.39 is 0 Å². The Hall–Kier alpha value is -0.830. The first-order chi connectivity index (χ1) is 5.61. The van der Waals surface area contributed by atoms with Crippen LogP contribution in [0.2, 0.25) is 0 Å². The van der Waals surface area contributed by atoms with E-state index in [1.54, 1.807) is 0 Å². The van der Waals surface area contributed by atoms with Gasteiger partial charge in [0.25, 0.3) is 0 Å². The van der Waals surface area contributed by atoms with Gasteiger partial charge in [0.1, 0.15) is 0 Å². The van der Waals surface area contributed by atoms with Crippen molar-refractivity contribution in [2.75, 3.05) is 20.6 Å². The minimum absolute atomic E-state index is 0.101. The van der Waals surface area contributed by atoms with Crippen molar-refractivity contribution < 1.29 is 4.79 Å². The van der Waals surface area contributed by atoms with Crippen LogP contribution in [0.3, 0.4) is 0 Å². The molecular weight excluding hydrogens is 152 g/mol. The number of hydrogen-bond donors (Lipinski definition) is 1. The normalized spacial score (nSPS) is 23.3. The second kappa shape index (κ2) is 3.72. The number of carbonyl (C=O) groups excluding carboxylic acids is 1. The molecule has 0 spiro atoms. The predicted octanol–water partition coefficient (Wildman–Crippen LogP) is 0.383. The fourth-order valence-electron chi connectivity index (χ4n) is 1.14. The van der Waals surface area contributed by atoms with Gasteiger partial charge in [-0.05, 0) is 27.4 Å². The molecule has 0 bridgehead atoms. The molecule has 1 heterocycles. The van der Waals surface area contributed by atoms with Crippen LogP contribution in [0.1, 0.15) is 13.3 Å². The Morgan fingerprint density at radius 3 is 2.67 bits per heavy atom. The van der Waals surface area contributed by atoms with E-state index in [1.807, 2.05) is 20.2 Å². The van der Waals surface area contributed by atoms with E-state index >= 15 is 0 Å². The highest BCUT2D eigenvalue weighted by molar-refractivity contribution is 5.95. The van der Waals surface area contributed by atoms with Gasteiger partial charge in [0, 0.05) is 18.2 Å². The SMILES string of the molecule is C[C@@H](/C=C1\CCNC1=O)N(C)C. The lowest BCUT2D eigenvalue weighted by atomic mass is 10.1. The molecule has 1 N–H and O–H groups in total. The van der Waals surface area contributed by atoms with E-state index in [1.165, 1.54) is 0 Å². The molecule has 1 amide bonds. The summed E-state index contributed by atoms with van der Waals surface area (Å²) in [6.45, 7) is 2.88. The van der Waals surface area contributed by atoms with Crippen LogP contribution in [0.4, 0.5) is 0 Å². The van der Waals surface area contributed by atoms with Gasteiger partial charge in [-0.15, -0.1) is 0 Å². The van der Waals surface area contributed by atoms with Crippen molar-refractivity contribution in [2.24, 2.45) is 0 Å². The highest BCUT2D eigenvalue weighted by atomic mass is 16.1. The third-order valence-electron chi connectivity index (χ3n) is 2.23. The Morgan fingerprint density at radius 2 is 2.25 bits per heavy atom. The zero-order valence-electron chi connectivity index (χ0n) is 7.92. The maximum absolute atomic E-state index is 11.1. The highest BCUT2D eigenvalue weighted by Crippen LogP contribution is 2.09. The first-order valence-electron chi connectivity index (χ1n) is 4.26. The van der Waals surface area contributed by atoms with Crippen molar-refractivity contribution in [3.05, 3.63) is 11.6 Å². The van der Waals surface area contributed by atoms with E-state index in [9.17, 15) is 4.79 Å². The Labute approximate surface area is 73.4 Å². The summed E-state index contributed by atoms with van der Waals surface area (Å²) in [4.78, 5) is 13.2. The summed E-state index contributed by atoms with van der Waals surface area (Å²) in [6.07, 6.45) is 2.90. The monoisotopic (exact) mass is 168 g/mol. The van der Waals surface area contributed by atoms with Gasteiger partial charge in [0.05, 0.1) is 0 Å². The highest BCUT2D eigenvalue weighted by Gasteiger charge is 2.16. The van der Waals surface area contributed by atoms with Gasteiger partial charge >= 0.3 is 0 Å². The zero-order chi connectivity index (χ0) is 9.14. The van der Waals surface area contributed by atoms with Crippen LogP contribution < -0.4 is 5.32 Å². The summed E-state index contributed by atoms with van der Waals surface area (Å²) < 4.78 is 0. The van der Waals surface area contributed by atoms with E-state index in [0.717, 1.165) is 18.5 Å². The number of nitrogens with one attached hydrogen (secondary N) is 1. The predicted molar refractivity (Wildman–Crippen MR) is 48.9 cm³/mol. The van der Waals surface area contributed by atoms with Gasteiger partial charge in [-0.2, -0.15) is 0 Å². The third kappa shape index (κ3) is 2.08. The Balaban J connectivity index is 2.61. The Morgan fingerprint density at radius 1 is 1.58 bits per heavy atom. The molecule has 0 unspecified atom stereocenters. The molecule has 0 aliphatic carbocycles. The van der Waals surface area contributed by atoms with Crippen molar-refractivity contribution in [3.8, 4) is 0 Å².